The third kappa shape index (κ3) is 1.84. The van der Waals surface area contributed by atoms with Crippen LogP contribution in [-0.4, -0.2) is 15.8 Å². The molecule has 2 nitrogen and oxygen atoms in total. The molecule has 0 aliphatic heterocycles. The lowest BCUT2D eigenvalue weighted by molar-refractivity contribution is 0.114. The first-order valence-electron chi connectivity index (χ1n) is 3.84. The monoisotopic (exact) mass is 154 g/mol. The van der Waals surface area contributed by atoms with Gasteiger partial charge in [0.05, 0.1) is 5.60 Å². The summed E-state index contributed by atoms with van der Waals surface area (Å²) in [4.78, 5) is 0. The van der Waals surface area contributed by atoms with Gasteiger partial charge in [0.15, 0.2) is 0 Å². The zero-order valence-electron chi connectivity index (χ0n) is 6.96. The van der Waals surface area contributed by atoms with Gasteiger partial charge in [-0.1, -0.05) is 6.08 Å². The summed E-state index contributed by atoms with van der Waals surface area (Å²) in [5.74, 6) is 0.226. The van der Waals surface area contributed by atoms with E-state index in [0.717, 1.165) is 12.8 Å². The fourth-order valence-corrected chi connectivity index (χ4v) is 1.23. The maximum absolute atomic E-state index is 9.54. The van der Waals surface area contributed by atoms with Gasteiger partial charge in [-0.3, -0.25) is 0 Å². The van der Waals surface area contributed by atoms with E-state index in [0.29, 0.717) is 5.57 Å². The maximum Gasteiger partial charge on any atom is 0.117 e. The van der Waals surface area contributed by atoms with Crippen LogP contribution in [0.25, 0.3) is 0 Å². The summed E-state index contributed by atoms with van der Waals surface area (Å²) in [6, 6.07) is 0. The van der Waals surface area contributed by atoms with Crippen molar-refractivity contribution in [3.8, 4) is 0 Å². The van der Waals surface area contributed by atoms with Crippen molar-refractivity contribution < 1.29 is 10.2 Å². The van der Waals surface area contributed by atoms with E-state index in [1.165, 1.54) is 0 Å². The summed E-state index contributed by atoms with van der Waals surface area (Å²) in [5.41, 5.74) is -0.273. The molecular formula is C9H14O2. The molecule has 1 aliphatic rings. The lowest BCUT2D eigenvalue weighted by Gasteiger charge is -2.23. The maximum atomic E-state index is 9.54. The van der Waals surface area contributed by atoms with Crippen molar-refractivity contribution in [3.63, 3.8) is 0 Å². The highest BCUT2D eigenvalue weighted by Crippen LogP contribution is 2.26. The van der Waals surface area contributed by atoms with Gasteiger partial charge >= 0.3 is 0 Å². The Morgan fingerprint density at radius 2 is 1.82 bits per heavy atom. The normalized spacial score (nSPS) is 19.2. The third-order valence-corrected chi connectivity index (χ3v) is 1.79. The molecule has 1 rings (SSSR count). The molecule has 0 aromatic heterocycles. The van der Waals surface area contributed by atoms with Gasteiger partial charge in [-0.15, -0.1) is 0 Å². The summed E-state index contributed by atoms with van der Waals surface area (Å²) in [5, 5.41) is 18.9. The summed E-state index contributed by atoms with van der Waals surface area (Å²) in [6.45, 7) is 3.35. The second-order valence-electron chi connectivity index (χ2n) is 3.34. The molecule has 0 aromatic rings. The first kappa shape index (κ1) is 8.34. The van der Waals surface area contributed by atoms with E-state index >= 15 is 0 Å². The predicted molar refractivity (Wildman–Crippen MR) is 44.3 cm³/mol. The van der Waals surface area contributed by atoms with Gasteiger partial charge in [-0.2, -0.15) is 0 Å². The smallest absolute Gasteiger partial charge is 0.117 e. The molecule has 0 heterocycles. The highest BCUT2D eigenvalue weighted by Gasteiger charge is 2.23. The van der Waals surface area contributed by atoms with Gasteiger partial charge in [0.25, 0.3) is 0 Å². The molecule has 11 heavy (non-hydrogen) atoms. The number of rotatable bonds is 1. The van der Waals surface area contributed by atoms with E-state index in [-0.39, 0.29) is 5.76 Å². The number of aliphatic hydroxyl groups excluding tert-OH is 1. The summed E-state index contributed by atoms with van der Waals surface area (Å²) in [6.07, 6.45) is 5.40. The van der Waals surface area contributed by atoms with Crippen molar-refractivity contribution in [2.24, 2.45) is 0 Å². The van der Waals surface area contributed by atoms with Crippen LogP contribution in [0.2, 0.25) is 0 Å². The van der Waals surface area contributed by atoms with Crippen LogP contribution < -0.4 is 0 Å². The summed E-state index contributed by atoms with van der Waals surface area (Å²) < 4.78 is 0. The summed E-state index contributed by atoms with van der Waals surface area (Å²) in [7, 11) is 0. The number of aliphatic hydroxyl groups is 2. The van der Waals surface area contributed by atoms with Gasteiger partial charge in [-0.25, -0.2) is 0 Å². The zero-order chi connectivity index (χ0) is 8.48. The van der Waals surface area contributed by atoms with E-state index in [1.54, 1.807) is 19.9 Å². The van der Waals surface area contributed by atoms with Crippen LogP contribution >= 0.6 is 0 Å². The van der Waals surface area contributed by atoms with Gasteiger partial charge in [0, 0.05) is 5.57 Å². The molecule has 0 aromatic carbocycles. The van der Waals surface area contributed by atoms with Crippen LogP contribution in [0.4, 0.5) is 0 Å². The second-order valence-corrected chi connectivity index (χ2v) is 3.34. The van der Waals surface area contributed by atoms with E-state index in [4.69, 9.17) is 0 Å². The second kappa shape index (κ2) is 2.70. The quantitative estimate of drug-likeness (QED) is 0.605. The lowest BCUT2D eigenvalue weighted by atomic mass is 9.92. The van der Waals surface area contributed by atoms with Gasteiger partial charge < -0.3 is 10.2 Å². The standard InChI is InChI=1S/C9H14O2/c1-9(2,11)7-5-3-4-6-8(7)10/h5-6,10-11H,3-4H2,1-2H3. The minimum atomic E-state index is -0.916. The van der Waals surface area contributed by atoms with Crippen molar-refractivity contribution >= 4 is 0 Å². The molecule has 0 radical (unpaired) electrons. The predicted octanol–water partition coefficient (Wildman–Crippen LogP) is 1.92. The Hall–Kier alpha value is -0.760. The van der Waals surface area contributed by atoms with Crippen LogP contribution in [0.1, 0.15) is 26.7 Å². The SMILES string of the molecule is CC(C)(O)C1=CCCC=C1O. The van der Waals surface area contributed by atoms with Crippen molar-refractivity contribution in [1.29, 1.82) is 0 Å². The third-order valence-electron chi connectivity index (χ3n) is 1.79. The highest BCUT2D eigenvalue weighted by molar-refractivity contribution is 5.34. The Morgan fingerprint density at radius 1 is 1.27 bits per heavy atom. The molecule has 0 fully saturated rings. The van der Waals surface area contributed by atoms with Crippen molar-refractivity contribution in [3.05, 3.63) is 23.5 Å². The van der Waals surface area contributed by atoms with E-state index in [1.807, 2.05) is 6.08 Å². The van der Waals surface area contributed by atoms with Crippen LogP contribution in [0.5, 0.6) is 0 Å². The molecule has 0 saturated carbocycles. The highest BCUT2D eigenvalue weighted by atomic mass is 16.3. The van der Waals surface area contributed by atoms with Crippen LogP contribution in [0, 0.1) is 0 Å². The molecule has 0 spiro atoms. The van der Waals surface area contributed by atoms with E-state index in [2.05, 4.69) is 0 Å². The number of hydrogen-bond donors (Lipinski definition) is 2. The minimum Gasteiger partial charge on any atom is -0.508 e. The first-order valence-corrected chi connectivity index (χ1v) is 3.84. The molecule has 0 saturated heterocycles. The lowest BCUT2D eigenvalue weighted by Crippen LogP contribution is -2.24. The molecular weight excluding hydrogens is 140 g/mol. The molecule has 2 N–H and O–H groups in total. The topological polar surface area (TPSA) is 40.5 Å². The fraction of sp³-hybridized carbons (Fsp3) is 0.556. The van der Waals surface area contributed by atoms with E-state index < -0.39 is 5.60 Å². The van der Waals surface area contributed by atoms with Crippen molar-refractivity contribution in [2.75, 3.05) is 0 Å². The summed E-state index contributed by atoms with van der Waals surface area (Å²) >= 11 is 0. The van der Waals surface area contributed by atoms with Crippen molar-refractivity contribution in [1.82, 2.24) is 0 Å². The largest absolute Gasteiger partial charge is 0.508 e. The Kier molecular flexibility index (Phi) is 2.05. The minimum absolute atomic E-state index is 0.226. The Bertz CT molecular complexity index is 206. The van der Waals surface area contributed by atoms with Crippen LogP contribution in [-0.2, 0) is 0 Å². The van der Waals surface area contributed by atoms with Crippen molar-refractivity contribution in [2.45, 2.75) is 32.3 Å². The molecule has 1 aliphatic carbocycles. The average Bonchev–Trinajstić information content (AvgIpc) is 1.86. The number of allylic oxidation sites excluding steroid dienone is 2. The first-order chi connectivity index (χ1) is 5.02. The van der Waals surface area contributed by atoms with Gasteiger partial charge in [0.1, 0.15) is 5.76 Å². The number of hydrogen-bond acceptors (Lipinski definition) is 2. The van der Waals surface area contributed by atoms with Crippen LogP contribution in [0.3, 0.4) is 0 Å². The fourth-order valence-electron chi connectivity index (χ4n) is 1.23. The van der Waals surface area contributed by atoms with Gasteiger partial charge in [-0.05, 0) is 32.8 Å². The average molecular weight is 154 g/mol. The molecule has 62 valence electrons. The molecule has 2 heteroatoms. The Labute approximate surface area is 66.9 Å². The molecule has 0 amide bonds. The molecule has 0 atom stereocenters. The van der Waals surface area contributed by atoms with Crippen LogP contribution in [0.15, 0.2) is 23.5 Å². The van der Waals surface area contributed by atoms with E-state index in [9.17, 15) is 10.2 Å². The Balaban J connectivity index is 2.87. The Morgan fingerprint density at radius 3 is 2.18 bits per heavy atom. The van der Waals surface area contributed by atoms with Gasteiger partial charge in [0.2, 0.25) is 0 Å². The molecule has 0 bridgehead atoms. The zero-order valence-corrected chi connectivity index (χ0v) is 6.96. The molecule has 0 unspecified atom stereocenters.